The predicted octanol–water partition coefficient (Wildman–Crippen LogP) is 15.1. The van der Waals surface area contributed by atoms with Gasteiger partial charge in [0.1, 0.15) is 0 Å². The van der Waals surface area contributed by atoms with Gasteiger partial charge in [-0.3, -0.25) is 0 Å². The van der Waals surface area contributed by atoms with E-state index < -0.39 is 0 Å². The lowest BCUT2D eigenvalue weighted by molar-refractivity contribution is 0.662. The van der Waals surface area contributed by atoms with Crippen LogP contribution in [-0.2, 0) is 5.41 Å². The molecule has 0 amide bonds. The predicted molar refractivity (Wildman–Crippen MR) is 247 cm³/mol. The van der Waals surface area contributed by atoms with Gasteiger partial charge in [-0.1, -0.05) is 196 Å². The van der Waals surface area contributed by atoms with Crippen LogP contribution in [0, 0.1) is 0 Å². The lowest BCUT2D eigenvalue weighted by Gasteiger charge is -2.25. The average molecular weight is 753 g/mol. The molecule has 10 aromatic rings. The standard InChI is InChI=1S/C57H40N2/c1-57(2)51-32-29-39-21-12-13-24-44(39)54(51)50-28-16-27-49(55(50)57)47-30-31-48(46-26-15-14-25-45(46)47)53-36-52(58-56(59-53)40-22-10-5-11-23-40)43-34-41(37-17-6-3-7-18-37)33-42(35-43)38-19-8-4-9-20-38/h3-36H,1-2H3. The summed E-state index contributed by atoms with van der Waals surface area (Å²) in [6.45, 7) is 4.77. The molecule has 1 aliphatic rings. The Kier molecular flexibility index (Phi) is 8.20. The fourth-order valence-corrected chi connectivity index (χ4v) is 9.45. The number of benzene rings is 9. The van der Waals surface area contributed by atoms with Gasteiger partial charge in [0, 0.05) is 22.1 Å². The molecule has 9 aromatic carbocycles. The summed E-state index contributed by atoms with van der Waals surface area (Å²) in [7, 11) is 0. The van der Waals surface area contributed by atoms with Crippen LogP contribution in [0.4, 0.5) is 0 Å². The van der Waals surface area contributed by atoms with E-state index in [0.717, 1.165) is 55.7 Å². The Hall–Kier alpha value is -7.42. The van der Waals surface area contributed by atoms with E-state index in [1.807, 2.05) is 6.07 Å². The second-order valence-electron chi connectivity index (χ2n) is 16.1. The SMILES string of the molecule is CC1(C)c2ccc3ccccc3c2-c2cccc(-c3ccc(-c4cc(-c5cc(-c6ccccc6)cc(-c6ccccc6)c5)nc(-c5ccccc5)n4)c4ccccc34)c21. The quantitative estimate of drug-likeness (QED) is 0.169. The van der Waals surface area contributed by atoms with Gasteiger partial charge in [-0.2, -0.15) is 0 Å². The lowest BCUT2D eigenvalue weighted by atomic mass is 9.78. The number of rotatable bonds is 6. The van der Waals surface area contributed by atoms with Gasteiger partial charge in [-0.25, -0.2) is 9.97 Å². The van der Waals surface area contributed by atoms with Crippen LogP contribution in [-0.4, -0.2) is 9.97 Å². The van der Waals surface area contributed by atoms with Crippen LogP contribution in [0.3, 0.4) is 0 Å². The monoisotopic (exact) mass is 752 g/mol. The summed E-state index contributed by atoms with van der Waals surface area (Å²) < 4.78 is 0. The van der Waals surface area contributed by atoms with Crippen LogP contribution in [0.15, 0.2) is 206 Å². The number of fused-ring (bicyclic) bond motifs is 6. The molecular weight excluding hydrogens is 713 g/mol. The van der Waals surface area contributed by atoms with Crippen LogP contribution >= 0.6 is 0 Å². The largest absolute Gasteiger partial charge is 0.228 e. The van der Waals surface area contributed by atoms with Crippen molar-refractivity contribution in [2.45, 2.75) is 19.3 Å². The second-order valence-corrected chi connectivity index (χ2v) is 16.1. The normalized spacial score (nSPS) is 12.7. The Morgan fingerprint density at radius 3 is 1.54 bits per heavy atom. The summed E-state index contributed by atoms with van der Waals surface area (Å²) in [4.78, 5) is 10.6. The van der Waals surface area contributed by atoms with E-state index in [1.165, 1.54) is 49.5 Å². The fourth-order valence-electron chi connectivity index (χ4n) is 9.45. The molecule has 0 N–H and O–H groups in total. The van der Waals surface area contributed by atoms with E-state index in [9.17, 15) is 0 Å². The molecular formula is C57H40N2. The maximum absolute atomic E-state index is 5.34. The smallest absolute Gasteiger partial charge is 0.160 e. The summed E-state index contributed by atoms with van der Waals surface area (Å²) >= 11 is 0. The van der Waals surface area contributed by atoms with Crippen molar-refractivity contribution in [1.29, 1.82) is 0 Å². The number of hydrogen-bond acceptors (Lipinski definition) is 2. The molecule has 11 rings (SSSR count). The summed E-state index contributed by atoms with van der Waals surface area (Å²) in [6.07, 6.45) is 0. The lowest BCUT2D eigenvalue weighted by Crippen LogP contribution is -2.16. The minimum absolute atomic E-state index is 0.176. The van der Waals surface area contributed by atoms with Gasteiger partial charge in [0.05, 0.1) is 11.4 Å². The van der Waals surface area contributed by atoms with Crippen LogP contribution in [0.1, 0.15) is 25.0 Å². The van der Waals surface area contributed by atoms with Crippen molar-refractivity contribution in [1.82, 2.24) is 9.97 Å². The van der Waals surface area contributed by atoms with Crippen LogP contribution in [0.5, 0.6) is 0 Å². The highest BCUT2D eigenvalue weighted by Gasteiger charge is 2.38. The highest BCUT2D eigenvalue weighted by Crippen LogP contribution is 2.55. The van der Waals surface area contributed by atoms with Crippen molar-refractivity contribution in [3.63, 3.8) is 0 Å². The molecule has 0 atom stereocenters. The third-order valence-electron chi connectivity index (χ3n) is 12.3. The van der Waals surface area contributed by atoms with Crippen molar-refractivity contribution < 1.29 is 0 Å². The molecule has 0 radical (unpaired) electrons. The van der Waals surface area contributed by atoms with Gasteiger partial charge in [-0.05, 0) is 101 Å². The zero-order valence-corrected chi connectivity index (χ0v) is 33.0. The molecule has 2 nitrogen and oxygen atoms in total. The number of aromatic nitrogens is 2. The average Bonchev–Trinajstić information content (AvgIpc) is 3.55. The molecule has 0 saturated heterocycles. The summed E-state index contributed by atoms with van der Waals surface area (Å²) in [5, 5.41) is 4.95. The molecule has 59 heavy (non-hydrogen) atoms. The summed E-state index contributed by atoms with van der Waals surface area (Å²) in [5.74, 6) is 0.699. The van der Waals surface area contributed by atoms with Crippen LogP contribution in [0.25, 0.3) is 100.0 Å². The molecule has 0 aliphatic heterocycles. The number of hydrogen-bond donors (Lipinski definition) is 0. The topological polar surface area (TPSA) is 25.8 Å². The molecule has 1 aromatic heterocycles. The molecule has 0 unspecified atom stereocenters. The summed E-state index contributed by atoms with van der Waals surface area (Å²) in [5.41, 5.74) is 17.3. The van der Waals surface area contributed by atoms with Gasteiger partial charge in [-0.15, -0.1) is 0 Å². The maximum atomic E-state index is 5.34. The molecule has 1 heterocycles. The Morgan fingerprint density at radius 2 is 0.864 bits per heavy atom. The number of nitrogens with zero attached hydrogens (tertiary/aromatic N) is 2. The van der Waals surface area contributed by atoms with E-state index in [-0.39, 0.29) is 5.41 Å². The first-order chi connectivity index (χ1) is 29.0. The van der Waals surface area contributed by atoms with Crippen LogP contribution in [0.2, 0.25) is 0 Å². The fraction of sp³-hybridized carbons (Fsp3) is 0.0526. The van der Waals surface area contributed by atoms with Crippen LogP contribution < -0.4 is 0 Å². The van der Waals surface area contributed by atoms with Gasteiger partial charge in [0.25, 0.3) is 0 Å². The molecule has 1 aliphatic carbocycles. The highest BCUT2D eigenvalue weighted by molar-refractivity contribution is 6.08. The van der Waals surface area contributed by atoms with Crippen molar-refractivity contribution in [2.75, 3.05) is 0 Å². The first kappa shape index (κ1) is 34.8. The van der Waals surface area contributed by atoms with Gasteiger partial charge >= 0.3 is 0 Å². The third kappa shape index (κ3) is 5.87. The van der Waals surface area contributed by atoms with Crippen molar-refractivity contribution in [3.8, 4) is 78.4 Å². The highest BCUT2D eigenvalue weighted by atomic mass is 14.9. The molecule has 2 heteroatoms. The molecule has 278 valence electrons. The van der Waals surface area contributed by atoms with E-state index in [0.29, 0.717) is 5.82 Å². The summed E-state index contributed by atoms with van der Waals surface area (Å²) in [6, 6.07) is 74.3. The third-order valence-corrected chi connectivity index (χ3v) is 12.3. The Labute approximate surface area is 345 Å². The Bertz CT molecular complexity index is 3160. The first-order valence-electron chi connectivity index (χ1n) is 20.4. The second kappa shape index (κ2) is 13.9. The van der Waals surface area contributed by atoms with Gasteiger partial charge < -0.3 is 0 Å². The molecule has 0 bridgehead atoms. The molecule has 0 spiro atoms. The van der Waals surface area contributed by atoms with Gasteiger partial charge in [0.15, 0.2) is 5.82 Å². The van der Waals surface area contributed by atoms with Crippen molar-refractivity contribution >= 4 is 21.5 Å². The Morgan fingerprint density at radius 1 is 0.339 bits per heavy atom. The molecule has 0 saturated carbocycles. The zero-order chi connectivity index (χ0) is 39.5. The zero-order valence-electron chi connectivity index (χ0n) is 33.0. The Balaban J connectivity index is 1.11. The maximum Gasteiger partial charge on any atom is 0.160 e. The van der Waals surface area contributed by atoms with Crippen molar-refractivity contribution in [3.05, 3.63) is 217 Å². The van der Waals surface area contributed by atoms with Gasteiger partial charge in [0.2, 0.25) is 0 Å². The van der Waals surface area contributed by atoms with E-state index in [2.05, 4.69) is 214 Å². The van der Waals surface area contributed by atoms with E-state index in [4.69, 9.17) is 9.97 Å². The van der Waals surface area contributed by atoms with E-state index >= 15 is 0 Å². The minimum Gasteiger partial charge on any atom is -0.228 e. The van der Waals surface area contributed by atoms with Crippen molar-refractivity contribution in [2.24, 2.45) is 0 Å². The van der Waals surface area contributed by atoms with E-state index in [1.54, 1.807) is 0 Å². The first-order valence-corrected chi connectivity index (χ1v) is 20.4. The molecule has 0 fully saturated rings. The minimum atomic E-state index is -0.176.